The van der Waals surface area contributed by atoms with E-state index in [0.29, 0.717) is 19.4 Å². The molecule has 7 heteroatoms. The third kappa shape index (κ3) is 5.42. The number of hydrogen-bond acceptors (Lipinski definition) is 5. The lowest BCUT2D eigenvalue weighted by molar-refractivity contribution is -0.116. The molecule has 31 heavy (non-hydrogen) atoms. The van der Waals surface area contributed by atoms with Gasteiger partial charge in [0.15, 0.2) is 5.82 Å². The number of rotatable bonds is 8. The first kappa shape index (κ1) is 20.9. The molecule has 162 valence electrons. The summed E-state index contributed by atoms with van der Waals surface area (Å²) >= 11 is 0. The molecule has 1 N–H and O–H groups in total. The van der Waals surface area contributed by atoms with Crippen LogP contribution in [0, 0.1) is 0 Å². The van der Waals surface area contributed by atoms with E-state index >= 15 is 0 Å². The van der Waals surface area contributed by atoms with E-state index < -0.39 is 0 Å². The topological polar surface area (TPSA) is 78.3 Å². The number of methoxy groups -OCH3 is 1. The molecule has 0 radical (unpaired) electrons. The van der Waals surface area contributed by atoms with Crippen LogP contribution in [0.5, 0.6) is 11.5 Å². The van der Waals surface area contributed by atoms with Crippen LogP contribution < -0.4 is 14.8 Å². The molecule has 0 saturated carbocycles. The molecule has 2 heterocycles. The monoisotopic (exact) mass is 420 g/mol. The van der Waals surface area contributed by atoms with Crippen LogP contribution in [0.1, 0.15) is 37.9 Å². The van der Waals surface area contributed by atoms with Gasteiger partial charge < -0.3 is 19.4 Å². The van der Waals surface area contributed by atoms with Crippen LogP contribution in [-0.4, -0.2) is 34.4 Å². The highest BCUT2D eigenvalue weighted by molar-refractivity contribution is 5.91. The van der Waals surface area contributed by atoms with Crippen molar-refractivity contribution in [2.24, 2.45) is 0 Å². The molecule has 1 aliphatic heterocycles. The fraction of sp³-hybridized carbons (Fsp3) is 0.375. The lowest BCUT2D eigenvalue weighted by Gasteiger charge is -2.10. The SMILES string of the molecule is COc1ccc(OCCCC(=O)Nc2cccc(-c3nnc4n3CCCCC4)c2)cc1. The van der Waals surface area contributed by atoms with Crippen LogP contribution in [0.4, 0.5) is 5.69 Å². The minimum absolute atomic E-state index is 0.0319. The molecular weight excluding hydrogens is 392 g/mol. The third-order valence-corrected chi connectivity index (χ3v) is 5.39. The van der Waals surface area contributed by atoms with Crippen molar-refractivity contribution in [1.82, 2.24) is 14.8 Å². The van der Waals surface area contributed by atoms with E-state index in [1.54, 1.807) is 7.11 Å². The van der Waals surface area contributed by atoms with Crippen LogP contribution in [0.2, 0.25) is 0 Å². The van der Waals surface area contributed by atoms with Gasteiger partial charge in [0.2, 0.25) is 5.91 Å². The molecule has 7 nitrogen and oxygen atoms in total. The van der Waals surface area contributed by atoms with Gasteiger partial charge in [-0.15, -0.1) is 10.2 Å². The average Bonchev–Trinajstić information content (AvgIpc) is 3.05. The number of benzene rings is 2. The minimum atomic E-state index is -0.0319. The lowest BCUT2D eigenvalue weighted by atomic mass is 10.1. The minimum Gasteiger partial charge on any atom is -0.497 e. The molecule has 0 unspecified atom stereocenters. The smallest absolute Gasteiger partial charge is 0.224 e. The maximum absolute atomic E-state index is 12.4. The molecule has 1 amide bonds. The zero-order chi connectivity index (χ0) is 21.5. The Labute approximate surface area is 182 Å². The van der Waals surface area contributed by atoms with E-state index in [1.165, 1.54) is 6.42 Å². The largest absolute Gasteiger partial charge is 0.497 e. The summed E-state index contributed by atoms with van der Waals surface area (Å²) in [6.07, 6.45) is 5.53. The zero-order valence-corrected chi connectivity index (χ0v) is 17.8. The Kier molecular flexibility index (Phi) is 6.82. The summed E-state index contributed by atoms with van der Waals surface area (Å²) < 4.78 is 13.0. The molecule has 0 bridgehead atoms. The van der Waals surface area contributed by atoms with Crippen molar-refractivity contribution < 1.29 is 14.3 Å². The van der Waals surface area contributed by atoms with Crippen LogP contribution in [-0.2, 0) is 17.8 Å². The summed E-state index contributed by atoms with van der Waals surface area (Å²) in [5.74, 6) is 3.45. The van der Waals surface area contributed by atoms with Crippen molar-refractivity contribution in [3.05, 3.63) is 54.4 Å². The highest BCUT2D eigenvalue weighted by atomic mass is 16.5. The Hall–Kier alpha value is -3.35. The predicted molar refractivity (Wildman–Crippen MR) is 119 cm³/mol. The van der Waals surface area contributed by atoms with Crippen LogP contribution in [0.25, 0.3) is 11.4 Å². The molecule has 0 fully saturated rings. The van der Waals surface area contributed by atoms with E-state index in [1.807, 2.05) is 48.5 Å². The number of nitrogens with zero attached hydrogens (tertiary/aromatic N) is 3. The molecule has 1 aromatic heterocycles. The number of fused-ring (bicyclic) bond motifs is 1. The van der Waals surface area contributed by atoms with Gasteiger partial charge in [-0.3, -0.25) is 4.79 Å². The number of nitrogens with one attached hydrogen (secondary N) is 1. The number of hydrogen-bond donors (Lipinski definition) is 1. The van der Waals surface area contributed by atoms with Crippen molar-refractivity contribution in [3.63, 3.8) is 0 Å². The second kappa shape index (κ2) is 10.1. The number of aromatic nitrogens is 3. The fourth-order valence-electron chi connectivity index (χ4n) is 3.75. The molecule has 0 atom stereocenters. The van der Waals surface area contributed by atoms with Gasteiger partial charge in [0.25, 0.3) is 0 Å². The normalized spacial score (nSPS) is 13.2. The Morgan fingerprint density at radius 3 is 2.74 bits per heavy atom. The lowest BCUT2D eigenvalue weighted by Crippen LogP contribution is -2.13. The molecule has 0 spiro atoms. The fourth-order valence-corrected chi connectivity index (χ4v) is 3.75. The first-order valence-corrected chi connectivity index (χ1v) is 10.8. The van der Waals surface area contributed by atoms with Crippen molar-refractivity contribution >= 4 is 11.6 Å². The van der Waals surface area contributed by atoms with Gasteiger partial charge in [-0.25, -0.2) is 0 Å². The molecule has 1 aliphatic rings. The summed E-state index contributed by atoms with van der Waals surface area (Å²) in [5, 5.41) is 11.8. The summed E-state index contributed by atoms with van der Waals surface area (Å²) in [6.45, 7) is 1.42. The van der Waals surface area contributed by atoms with Gasteiger partial charge in [0, 0.05) is 30.6 Å². The van der Waals surface area contributed by atoms with Crippen molar-refractivity contribution in [1.29, 1.82) is 0 Å². The predicted octanol–water partition coefficient (Wildman–Crippen LogP) is 4.48. The number of anilines is 1. The second-order valence-corrected chi connectivity index (χ2v) is 7.66. The molecule has 2 aromatic carbocycles. The first-order valence-electron chi connectivity index (χ1n) is 10.8. The molecular formula is C24H28N4O3. The highest BCUT2D eigenvalue weighted by Gasteiger charge is 2.16. The second-order valence-electron chi connectivity index (χ2n) is 7.66. The maximum atomic E-state index is 12.4. The summed E-state index contributed by atoms with van der Waals surface area (Å²) in [6, 6.07) is 15.2. The van der Waals surface area contributed by atoms with E-state index in [4.69, 9.17) is 9.47 Å². The van der Waals surface area contributed by atoms with E-state index in [9.17, 15) is 4.79 Å². The quantitative estimate of drug-likeness (QED) is 0.544. The van der Waals surface area contributed by atoms with Crippen molar-refractivity contribution in [3.8, 4) is 22.9 Å². The number of aryl methyl sites for hydroxylation is 1. The van der Waals surface area contributed by atoms with Crippen LogP contribution >= 0.6 is 0 Å². The standard InChI is InChI=1S/C24H28N4O3/c1-30-20-11-13-21(14-12-20)31-16-6-10-23(29)25-19-8-5-7-18(17-19)24-27-26-22-9-3-2-4-15-28(22)24/h5,7-8,11-14,17H,2-4,6,9-10,15-16H2,1H3,(H,25,29). The van der Waals surface area contributed by atoms with Gasteiger partial charge in [-0.2, -0.15) is 0 Å². The number of carbonyl (C=O) groups excluding carboxylic acids is 1. The highest BCUT2D eigenvalue weighted by Crippen LogP contribution is 2.25. The summed E-state index contributed by atoms with van der Waals surface area (Å²) in [4.78, 5) is 12.4. The van der Waals surface area contributed by atoms with Gasteiger partial charge >= 0.3 is 0 Å². The number of ether oxygens (including phenoxy) is 2. The van der Waals surface area contributed by atoms with E-state index in [2.05, 4.69) is 20.1 Å². The zero-order valence-electron chi connectivity index (χ0n) is 17.8. The van der Waals surface area contributed by atoms with E-state index in [0.717, 1.165) is 60.2 Å². The van der Waals surface area contributed by atoms with Gasteiger partial charge in [0.1, 0.15) is 17.3 Å². The molecule has 4 rings (SSSR count). The molecule has 3 aromatic rings. The average molecular weight is 421 g/mol. The Morgan fingerprint density at radius 1 is 1.06 bits per heavy atom. The third-order valence-electron chi connectivity index (χ3n) is 5.39. The van der Waals surface area contributed by atoms with Crippen molar-refractivity contribution in [2.75, 3.05) is 19.0 Å². The van der Waals surface area contributed by atoms with Gasteiger partial charge in [-0.1, -0.05) is 18.6 Å². The number of amides is 1. The number of carbonyl (C=O) groups is 1. The Morgan fingerprint density at radius 2 is 1.90 bits per heavy atom. The molecule has 0 aliphatic carbocycles. The first-order chi connectivity index (χ1) is 15.2. The Balaban J connectivity index is 1.29. The van der Waals surface area contributed by atoms with E-state index in [-0.39, 0.29) is 5.91 Å². The van der Waals surface area contributed by atoms with Gasteiger partial charge in [0.05, 0.1) is 13.7 Å². The van der Waals surface area contributed by atoms with Crippen LogP contribution in [0.3, 0.4) is 0 Å². The van der Waals surface area contributed by atoms with Crippen LogP contribution in [0.15, 0.2) is 48.5 Å². The summed E-state index contributed by atoms with van der Waals surface area (Å²) in [7, 11) is 1.63. The maximum Gasteiger partial charge on any atom is 0.224 e. The molecule has 0 saturated heterocycles. The Bertz CT molecular complexity index is 1010. The summed E-state index contributed by atoms with van der Waals surface area (Å²) in [5.41, 5.74) is 1.74. The van der Waals surface area contributed by atoms with Gasteiger partial charge in [-0.05, 0) is 55.7 Å². The van der Waals surface area contributed by atoms with Crippen molar-refractivity contribution in [2.45, 2.75) is 45.1 Å².